The Bertz CT molecular complexity index is 3090. The van der Waals surface area contributed by atoms with E-state index in [-0.39, 0.29) is 18.7 Å². The fourth-order valence-corrected chi connectivity index (χ4v) is 12.8. The Morgan fingerprint density at radius 2 is 1.67 bits per heavy atom. The van der Waals surface area contributed by atoms with Gasteiger partial charge in [0.1, 0.15) is 24.8 Å². The normalized spacial score (nSPS) is 19.9. The van der Waals surface area contributed by atoms with Crippen molar-refractivity contribution in [2.75, 3.05) is 99.8 Å². The molecule has 7 heterocycles. The molecule has 2 amide bonds. The van der Waals surface area contributed by atoms with Gasteiger partial charge in [-0.25, -0.2) is 9.78 Å². The van der Waals surface area contributed by atoms with Crippen LogP contribution in [0.15, 0.2) is 74.5 Å². The second-order valence-electron chi connectivity index (χ2n) is 19.5. The van der Waals surface area contributed by atoms with Gasteiger partial charge in [-0.05, 0) is 116 Å². The number of carbonyl (C=O) groups is 2. The number of anilines is 6. The van der Waals surface area contributed by atoms with Gasteiger partial charge in [0.2, 0.25) is 17.8 Å². The Morgan fingerprint density at radius 3 is 2.41 bits per heavy atom. The Hall–Kier alpha value is -5.81. The zero-order chi connectivity index (χ0) is 48.8. The third-order valence-corrected chi connectivity index (χ3v) is 16.7. The summed E-state index contributed by atoms with van der Waals surface area (Å²) < 4.78 is 27.3. The van der Waals surface area contributed by atoms with Crippen molar-refractivity contribution in [2.45, 2.75) is 64.5 Å². The predicted molar refractivity (Wildman–Crippen MR) is 280 cm³/mol. The van der Waals surface area contributed by atoms with Crippen LogP contribution in [0.4, 0.5) is 34.5 Å². The number of fused-ring (bicyclic) bond motifs is 2. The number of aryl methyl sites for hydroxylation is 2. The molecule has 19 heteroatoms. The van der Waals surface area contributed by atoms with Crippen LogP contribution in [0.5, 0.6) is 5.75 Å². The molecule has 0 spiro atoms. The number of methoxy groups -OCH3 is 1. The van der Waals surface area contributed by atoms with Crippen molar-refractivity contribution in [3.8, 4) is 5.75 Å². The van der Waals surface area contributed by atoms with E-state index in [9.17, 15) is 18.9 Å². The molecule has 3 aromatic carbocycles. The Kier molecular flexibility index (Phi) is 13.5. The zero-order valence-corrected chi connectivity index (χ0v) is 42.9. The van der Waals surface area contributed by atoms with Crippen molar-refractivity contribution in [1.29, 1.82) is 0 Å². The second-order valence-corrected chi connectivity index (χ2v) is 23.5. The minimum Gasteiger partial charge on any atom is -0.494 e. The fourth-order valence-electron chi connectivity index (χ4n) is 11.0. The molecular formula is C51H61BrN11O6P. The lowest BCUT2D eigenvalue weighted by molar-refractivity contribution is -0.135. The summed E-state index contributed by atoms with van der Waals surface area (Å²) in [6.45, 7) is 16.9. The van der Waals surface area contributed by atoms with E-state index in [0.29, 0.717) is 50.7 Å². The van der Waals surface area contributed by atoms with E-state index < -0.39 is 24.8 Å². The third kappa shape index (κ3) is 9.79. The lowest BCUT2D eigenvalue weighted by Crippen LogP contribution is -2.54. The van der Waals surface area contributed by atoms with E-state index in [1.165, 1.54) is 15.8 Å². The molecule has 0 radical (unpaired) electrons. The molecule has 0 aliphatic carbocycles. The quantitative estimate of drug-likeness (QED) is 0.0768. The van der Waals surface area contributed by atoms with E-state index in [1.54, 1.807) is 26.6 Å². The van der Waals surface area contributed by atoms with Crippen molar-refractivity contribution in [2.24, 2.45) is 5.92 Å². The first-order valence-corrected chi connectivity index (χ1v) is 27.8. The summed E-state index contributed by atoms with van der Waals surface area (Å²) in [4.78, 5) is 61.4. The van der Waals surface area contributed by atoms with Crippen LogP contribution in [0, 0.1) is 12.8 Å². The number of nitrogens with one attached hydrogen (secondary N) is 3. The highest BCUT2D eigenvalue weighted by molar-refractivity contribution is 9.10. The first-order chi connectivity index (χ1) is 33.7. The highest BCUT2D eigenvalue weighted by Crippen LogP contribution is 2.43. The number of hydrogen-bond acceptors (Lipinski definition) is 15. The highest BCUT2D eigenvalue weighted by Gasteiger charge is 2.34. The number of halogens is 1. The summed E-state index contributed by atoms with van der Waals surface area (Å²) in [5.41, 5.74) is 7.66. The van der Waals surface area contributed by atoms with Gasteiger partial charge >= 0.3 is 5.76 Å². The average molecular weight is 1030 g/mol. The van der Waals surface area contributed by atoms with E-state index in [1.807, 2.05) is 49.4 Å². The van der Waals surface area contributed by atoms with Crippen LogP contribution in [0.25, 0.3) is 22.0 Å². The van der Waals surface area contributed by atoms with Gasteiger partial charge in [-0.3, -0.25) is 29.4 Å². The number of pyridine rings is 1. The topological polar surface area (TPSA) is 183 Å². The number of aromatic nitrogens is 4. The molecule has 4 aliphatic rings. The van der Waals surface area contributed by atoms with Gasteiger partial charge in [-0.1, -0.05) is 13.0 Å². The van der Waals surface area contributed by atoms with Gasteiger partial charge in [-0.2, -0.15) is 4.98 Å². The molecule has 2 atom stereocenters. The van der Waals surface area contributed by atoms with Gasteiger partial charge < -0.3 is 39.1 Å². The van der Waals surface area contributed by atoms with Gasteiger partial charge in [0.15, 0.2) is 5.58 Å². The number of ether oxygens (including phenoxy) is 1. The van der Waals surface area contributed by atoms with Crippen LogP contribution in [-0.4, -0.2) is 127 Å². The Morgan fingerprint density at radius 1 is 0.886 bits per heavy atom. The number of nitrogens with zero attached hydrogens (tertiary/aromatic N) is 8. The Balaban J connectivity index is 0.729. The molecule has 0 bridgehead atoms. The van der Waals surface area contributed by atoms with Crippen LogP contribution < -0.4 is 41.5 Å². The molecule has 4 saturated heterocycles. The molecular weight excluding hydrogens is 974 g/mol. The first-order valence-electron chi connectivity index (χ1n) is 24.4. The molecule has 0 saturated carbocycles. The number of carbonyl (C=O) groups excluding carboxylic acids is 2. The molecule has 4 aliphatic heterocycles. The van der Waals surface area contributed by atoms with E-state index in [0.717, 1.165) is 118 Å². The minimum atomic E-state index is -2.73. The number of benzene rings is 3. The maximum absolute atomic E-state index is 13.7. The molecule has 2 unspecified atom stereocenters. The largest absolute Gasteiger partial charge is 0.494 e. The van der Waals surface area contributed by atoms with E-state index in [4.69, 9.17) is 14.1 Å². The minimum absolute atomic E-state index is 0.192. The number of piperazine rings is 1. The lowest BCUT2D eigenvalue weighted by Gasteiger charge is -2.44. The molecule has 3 aromatic heterocycles. The summed E-state index contributed by atoms with van der Waals surface area (Å²) in [5, 5.41) is 10.8. The average Bonchev–Trinajstić information content (AvgIpc) is 3.95. The van der Waals surface area contributed by atoms with Crippen molar-refractivity contribution >= 4 is 96.7 Å². The summed E-state index contributed by atoms with van der Waals surface area (Å²) in [5.74, 6) is 0.832. The second kappa shape index (κ2) is 19.8. The first kappa shape index (κ1) is 47.8. The van der Waals surface area contributed by atoms with Crippen molar-refractivity contribution in [3.63, 3.8) is 0 Å². The molecule has 6 aromatic rings. The van der Waals surface area contributed by atoms with E-state index in [2.05, 4.69) is 80.5 Å². The van der Waals surface area contributed by atoms with E-state index >= 15 is 0 Å². The predicted octanol–water partition coefficient (Wildman–Crippen LogP) is 7.40. The maximum atomic E-state index is 13.7. The lowest BCUT2D eigenvalue weighted by atomic mass is 9.99. The van der Waals surface area contributed by atoms with Crippen LogP contribution in [0.3, 0.4) is 0 Å². The van der Waals surface area contributed by atoms with Crippen molar-refractivity contribution < 1.29 is 23.3 Å². The third-order valence-electron chi connectivity index (χ3n) is 14.6. The van der Waals surface area contributed by atoms with Crippen LogP contribution in [0.2, 0.25) is 0 Å². The smallest absolute Gasteiger partial charge is 0.420 e. The van der Waals surface area contributed by atoms with Crippen LogP contribution >= 0.6 is 23.1 Å². The zero-order valence-electron chi connectivity index (χ0n) is 40.5. The monoisotopic (exact) mass is 1030 g/mol. The molecule has 4 fully saturated rings. The van der Waals surface area contributed by atoms with Crippen molar-refractivity contribution in [1.82, 2.24) is 34.6 Å². The van der Waals surface area contributed by atoms with Crippen LogP contribution in [0.1, 0.15) is 56.3 Å². The molecule has 368 valence electrons. The number of rotatable bonds is 13. The maximum Gasteiger partial charge on any atom is 0.420 e. The fraction of sp³-hybridized carbons (Fsp3) is 0.451. The number of hydrogen-bond donors (Lipinski definition) is 3. The Labute approximate surface area is 415 Å². The molecule has 10 rings (SSSR count). The number of piperidine rings is 2. The summed E-state index contributed by atoms with van der Waals surface area (Å²) in [6, 6.07) is 17.7. The molecule has 17 nitrogen and oxygen atoms in total. The van der Waals surface area contributed by atoms with Gasteiger partial charge in [0.05, 0.1) is 34.0 Å². The highest BCUT2D eigenvalue weighted by atomic mass is 79.9. The van der Waals surface area contributed by atoms with Crippen molar-refractivity contribution in [3.05, 3.63) is 87.1 Å². The summed E-state index contributed by atoms with van der Waals surface area (Å²) in [7, 11) is -1.04. The molecule has 70 heavy (non-hydrogen) atoms. The SMILES string of the molecule is CCc1cc(Nc2ncc(Br)c(Nc3ccc4nc(C)ccc4c3P(C)(C)=O)n2)c(OC)cc1N1CCC(N2CCN(CC3CCN(c4ccc5c(c4)oc(=O)n5C4CCC(=O)NC4=O)C3)CC2)CC1. The van der Waals surface area contributed by atoms with Gasteiger partial charge in [0, 0.05) is 117 Å². The molecule has 3 N–H and O–H groups in total. The van der Waals surface area contributed by atoms with Gasteiger partial charge in [-0.15, -0.1) is 0 Å². The summed E-state index contributed by atoms with van der Waals surface area (Å²) in [6.07, 6.45) is 6.34. The van der Waals surface area contributed by atoms with Gasteiger partial charge in [0.25, 0.3) is 0 Å². The van der Waals surface area contributed by atoms with Crippen LogP contribution in [-0.2, 0) is 20.6 Å². The number of oxazole rings is 1. The standard InChI is InChI=1S/C51H61BrN11O6P/c1-6-33-25-40(56-50-53-28-37(52)48(58-50)55-39-11-10-38-36(9-7-31(2)54-38)47(39)70(4,5)67)44(68-3)27-43(33)61-19-16-34(17-20-61)60-23-21-59(22-24-60)29-32-15-18-62(30-32)35-8-12-41-45(26-35)69-51(66)63(41)42-13-14-46(64)57-49(42)65/h7-12,25-28,32,34,42H,6,13-24,29-30H2,1-5H3,(H,57,64,65)(H2,53,55,56,58). The number of imide groups is 1. The number of amides is 2. The summed E-state index contributed by atoms with van der Waals surface area (Å²) >= 11 is 3.63.